The van der Waals surface area contributed by atoms with E-state index in [9.17, 15) is 4.79 Å². The smallest absolute Gasteiger partial charge is 0.227 e. The van der Waals surface area contributed by atoms with Crippen LogP contribution in [-0.2, 0) is 16.0 Å². The van der Waals surface area contributed by atoms with Crippen LogP contribution in [-0.4, -0.2) is 61.1 Å². The number of hydrogen-bond donors (Lipinski definition) is 0. The molecule has 142 valence electrons. The summed E-state index contributed by atoms with van der Waals surface area (Å²) < 4.78 is 6.47. The number of aryl methyl sites for hydroxylation is 3. The fourth-order valence-electron chi connectivity index (χ4n) is 5.80. The van der Waals surface area contributed by atoms with Crippen LogP contribution < -0.4 is 0 Å². The Morgan fingerprint density at radius 3 is 2.62 bits per heavy atom. The molecular formula is C22H32N2O2. The largest absolute Gasteiger partial charge is 0.369 e. The van der Waals surface area contributed by atoms with Gasteiger partial charge in [-0.25, -0.2) is 0 Å². The summed E-state index contributed by atoms with van der Waals surface area (Å²) in [6.07, 6.45) is 3.20. The lowest BCUT2D eigenvalue weighted by atomic mass is 9.73. The maximum Gasteiger partial charge on any atom is 0.227 e. The van der Waals surface area contributed by atoms with Crippen molar-refractivity contribution in [2.24, 2.45) is 11.8 Å². The van der Waals surface area contributed by atoms with E-state index in [0.29, 0.717) is 24.4 Å². The zero-order valence-corrected chi connectivity index (χ0v) is 16.8. The topological polar surface area (TPSA) is 32.8 Å². The second-order valence-electron chi connectivity index (χ2n) is 9.12. The standard InChI is InChI=1S/C22H32N2O2/c1-14-8-15(2)17(16(3)9-14)10-21(25)24-12-19-18(11-23(4)5)20-6-7-22(19,13-24)26-20/h8-9,18-20H,6-7,10-13H2,1-5H3/t18-,19+,20+,22+/m0/s1. The molecule has 3 fully saturated rings. The molecule has 1 spiro atoms. The molecule has 4 nitrogen and oxygen atoms in total. The lowest BCUT2D eigenvalue weighted by Gasteiger charge is -2.30. The van der Waals surface area contributed by atoms with Crippen molar-refractivity contribution in [3.63, 3.8) is 0 Å². The molecule has 0 unspecified atom stereocenters. The van der Waals surface area contributed by atoms with Gasteiger partial charge in [-0.2, -0.15) is 0 Å². The van der Waals surface area contributed by atoms with Crippen molar-refractivity contribution in [3.8, 4) is 0 Å². The highest BCUT2D eigenvalue weighted by atomic mass is 16.5. The maximum absolute atomic E-state index is 13.1. The van der Waals surface area contributed by atoms with Crippen LogP contribution in [0.15, 0.2) is 12.1 Å². The van der Waals surface area contributed by atoms with E-state index < -0.39 is 0 Å². The first-order chi connectivity index (χ1) is 12.3. The minimum atomic E-state index is -0.0572. The molecule has 0 N–H and O–H groups in total. The minimum absolute atomic E-state index is 0.0572. The Morgan fingerprint density at radius 2 is 1.96 bits per heavy atom. The Kier molecular flexibility index (Phi) is 4.39. The van der Waals surface area contributed by atoms with Gasteiger partial charge in [0.25, 0.3) is 0 Å². The molecule has 3 saturated heterocycles. The highest BCUT2D eigenvalue weighted by molar-refractivity contribution is 5.80. The quantitative estimate of drug-likeness (QED) is 0.832. The fraction of sp³-hybridized carbons (Fsp3) is 0.682. The molecule has 1 aromatic rings. The average molecular weight is 357 g/mol. The van der Waals surface area contributed by atoms with Crippen LogP contribution >= 0.6 is 0 Å². The van der Waals surface area contributed by atoms with E-state index in [1.807, 2.05) is 0 Å². The Hall–Kier alpha value is -1.39. The van der Waals surface area contributed by atoms with Crippen LogP contribution in [0.5, 0.6) is 0 Å². The lowest BCUT2D eigenvalue weighted by Crippen LogP contribution is -2.40. The second kappa shape index (κ2) is 6.35. The van der Waals surface area contributed by atoms with E-state index in [1.165, 1.54) is 22.3 Å². The van der Waals surface area contributed by atoms with Crippen LogP contribution in [0.1, 0.15) is 35.1 Å². The Morgan fingerprint density at radius 1 is 1.27 bits per heavy atom. The third-order valence-corrected chi connectivity index (χ3v) is 6.88. The van der Waals surface area contributed by atoms with Gasteiger partial charge < -0.3 is 14.5 Å². The minimum Gasteiger partial charge on any atom is -0.369 e. The summed E-state index contributed by atoms with van der Waals surface area (Å²) in [4.78, 5) is 17.5. The highest BCUT2D eigenvalue weighted by Gasteiger charge is 2.63. The zero-order chi connectivity index (χ0) is 18.6. The first-order valence-electron chi connectivity index (χ1n) is 9.96. The van der Waals surface area contributed by atoms with E-state index >= 15 is 0 Å². The normalized spacial score (nSPS) is 32.5. The SMILES string of the molecule is Cc1cc(C)c(CC(=O)N2C[C@@H]3[C@H](CN(C)C)[C@H]4CC[C@]3(C2)O4)c(C)c1. The van der Waals surface area contributed by atoms with Gasteiger partial charge in [0.1, 0.15) is 0 Å². The molecule has 1 aromatic carbocycles. The second-order valence-corrected chi connectivity index (χ2v) is 9.12. The summed E-state index contributed by atoms with van der Waals surface area (Å²) in [5.41, 5.74) is 4.87. The van der Waals surface area contributed by atoms with Gasteiger partial charge in [0, 0.05) is 24.9 Å². The first kappa shape index (κ1) is 18.0. The molecule has 4 heteroatoms. The van der Waals surface area contributed by atoms with Crippen molar-refractivity contribution in [1.29, 1.82) is 0 Å². The van der Waals surface area contributed by atoms with Crippen molar-refractivity contribution in [3.05, 3.63) is 34.4 Å². The van der Waals surface area contributed by atoms with E-state index in [4.69, 9.17) is 4.74 Å². The summed E-state index contributed by atoms with van der Waals surface area (Å²) >= 11 is 0. The van der Waals surface area contributed by atoms with Gasteiger partial charge in [-0.15, -0.1) is 0 Å². The molecule has 0 radical (unpaired) electrons. The molecule has 26 heavy (non-hydrogen) atoms. The summed E-state index contributed by atoms with van der Waals surface area (Å²) in [7, 11) is 4.28. The Balaban J connectivity index is 1.50. The molecule has 0 saturated carbocycles. The number of benzene rings is 1. The number of likely N-dealkylation sites (tertiary alicyclic amines) is 1. The summed E-state index contributed by atoms with van der Waals surface area (Å²) in [6, 6.07) is 4.37. The van der Waals surface area contributed by atoms with Crippen LogP contribution in [0.2, 0.25) is 0 Å². The Bertz CT molecular complexity index is 706. The van der Waals surface area contributed by atoms with Gasteiger partial charge in [-0.05, 0) is 64.4 Å². The van der Waals surface area contributed by atoms with E-state index in [1.54, 1.807) is 0 Å². The van der Waals surface area contributed by atoms with E-state index in [-0.39, 0.29) is 11.5 Å². The van der Waals surface area contributed by atoms with Crippen LogP contribution in [0.3, 0.4) is 0 Å². The van der Waals surface area contributed by atoms with Crippen molar-refractivity contribution in [2.75, 3.05) is 33.7 Å². The number of carbonyl (C=O) groups excluding carboxylic acids is 1. The molecule has 0 aliphatic carbocycles. The van der Waals surface area contributed by atoms with E-state index in [0.717, 1.165) is 32.5 Å². The number of ether oxygens (including phenoxy) is 1. The molecular weight excluding hydrogens is 324 g/mol. The molecule has 3 heterocycles. The molecule has 3 aliphatic rings. The van der Waals surface area contributed by atoms with Gasteiger partial charge >= 0.3 is 0 Å². The molecule has 0 aromatic heterocycles. The molecule has 1 amide bonds. The lowest BCUT2D eigenvalue weighted by molar-refractivity contribution is -0.131. The van der Waals surface area contributed by atoms with E-state index in [2.05, 4.69) is 56.8 Å². The fourth-order valence-corrected chi connectivity index (χ4v) is 5.80. The predicted molar refractivity (Wildman–Crippen MR) is 103 cm³/mol. The molecule has 4 atom stereocenters. The average Bonchev–Trinajstić information content (AvgIpc) is 3.20. The van der Waals surface area contributed by atoms with Gasteiger partial charge in [0.05, 0.1) is 24.7 Å². The third kappa shape index (κ3) is 2.87. The van der Waals surface area contributed by atoms with Gasteiger partial charge in [0.15, 0.2) is 0 Å². The van der Waals surface area contributed by atoms with Crippen LogP contribution in [0.25, 0.3) is 0 Å². The van der Waals surface area contributed by atoms with Crippen LogP contribution in [0.4, 0.5) is 0 Å². The molecule has 4 rings (SSSR count). The van der Waals surface area contributed by atoms with Crippen molar-refractivity contribution >= 4 is 5.91 Å². The van der Waals surface area contributed by atoms with Crippen molar-refractivity contribution in [1.82, 2.24) is 9.80 Å². The number of fused-ring (bicyclic) bond motifs is 1. The maximum atomic E-state index is 13.1. The van der Waals surface area contributed by atoms with Crippen molar-refractivity contribution < 1.29 is 9.53 Å². The van der Waals surface area contributed by atoms with Crippen molar-refractivity contribution in [2.45, 2.75) is 51.7 Å². The number of amides is 1. The summed E-state index contributed by atoms with van der Waals surface area (Å²) in [5, 5.41) is 0. The summed E-state index contributed by atoms with van der Waals surface area (Å²) in [6.45, 7) is 9.09. The highest BCUT2D eigenvalue weighted by Crippen LogP contribution is 2.55. The third-order valence-electron chi connectivity index (χ3n) is 6.88. The molecule has 2 bridgehead atoms. The number of hydrogen-bond acceptors (Lipinski definition) is 3. The first-order valence-corrected chi connectivity index (χ1v) is 9.96. The summed E-state index contributed by atoms with van der Waals surface area (Å²) in [5.74, 6) is 1.34. The van der Waals surface area contributed by atoms with Crippen LogP contribution in [0, 0.1) is 32.6 Å². The number of carbonyl (C=O) groups is 1. The number of nitrogens with zero attached hydrogens (tertiary/aromatic N) is 2. The van der Waals surface area contributed by atoms with Gasteiger partial charge in [-0.1, -0.05) is 17.7 Å². The molecule has 3 aliphatic heterocycles. The monoisotopic (exact) mass is 356 g/mol. The number of rotatable bonds is 4. The van der Waals surface area contributed by atoms with Gasteiger partial charge in [-0.3, -0.25) is 4.79 Å². The zero-order valence-electron chi connectivity index (χ0n) is 16.8. The van der Waals surface area contributed by atoms with Gasteiger partial charge in [0.2, 0.25) is 5.91 Å². The predicted octanol–water partition coefficient (Wildman–Crippen LogP) is 2.72. The Labute approximate surface area is 157 Å².